The molecule has 0 radical (unpaired) electrons. The zero-order chi connectivity index (χ0) is 13.9. The molecule has 100 valence electrons. The van der Waals surface area contributed by atoms with Gasteiger partial charge in [0.05, 0.1) is 18.0 Å². The smallest absolute Gasteiger partial charge is 0.116 e. The molecule has 4 heteroatoms. The number of benzene rings is 2. The minimum absolute atomic E-state index is 0.0579. The first kappa shape index (κ1) is 13.1. The summed E-state index contributed by atoms with van der Waals surface area (Å²) in [5, 5.41) is 14.3. The van der Waals surface area contributed by atoms with Gasteiger partial charge in [-0.15, -0.1) is 0 Å². The molecule has 3 nitrogen and oxygen atoms in total. The highest BCUT2D eigenvalue weighted by molar-refractivity contribution is 9.10. The molecule has 0 fully saturated rings. The van der Waals surface area contributed by atoms with Gasteiger partial charge in [0.15, 0.2) is 0 Å². The van der Waals surface area contributed by atoms with Crippen LogP contribution in [0.1, 0.15) is 5.56 Å². The Morgan fingerprint density at radius 1 is 0.950 bits per heavy atom. The summed E-state index contributed by atoms with van der Waals surface area (Å²) in [6.07, 6.45) is 0. The molecule has 0 amide bonds. The summed E-state index contributed by atoms with van der Waals surface area (Å²) in [7, 11) is 0. The first-order valence-corrected chi connectivity index (χ1v) is 7.09. The number of para-hydroxylation sites is 1. The minimum atomic E-state index is -0.0579. The second kappa shape index (κ2) is 5.61. The topological polar surface area (TPSA) is 38.1 Å². The molecule has 0 atom stereocenters. The fourth-order valence-corrected chi connectivity index (χ4v) is 2.74. The third-order valence-corrected chi connectivity index (χ3v) is 3.94. The highest BCUT2D eigenvalue weighted by Gasteiger charge is 2.17. The first-order valence-electron chi connectivity index (χ1n) is 6.30. The molecule has 1 heterocycles. The van der Waals surface area contributed by atoms with E-state index in [1.54, 1.807) is 4.68 Å². The van der Waals surface area contributed by atoms with Crippen molar-refractivity contribution in [3.63, 3.8) is 0 Å². The second-order valence-electron chi connectivity index (χ2n) is 4.39. The van der Waals surface area contributed by atoms with Crippen molar-refractivity contribution in [3.8, 4) is 16.9 Å². The van der Waals surface area contributed by atoms with Gasteiger partial charge < -0.3 is 5.11 Å². The van der Waals surface area contributed by atoms with Gasteiger partial charge in [0.25, 0.3) is 0 Å². The zero-order valence-corrected chi connectivity index (χ0v) is 12.3. The lowest BCUT2D eigenvalue weighted by Crippen LogP contribution is -1.96. The van der Waals surface area contributed by atoms with Gasteiger partial charge in [-0.05, 0) is 28.1 Å². The molecule has 20 heavy (non-hydrogen) atoms. The number of aliphatic hydroxyl groups excluding tert-OH is 1. The van der Waals surface area contributed by atoms with Crippen LogP contribution in [-0.2, 0) is 6.61 Å². The van der Waals surface area contributed by atoms with Crippen LogP contribution < -0.4 is 0 Å². The quantitative estimate of drug-likeness (QED) is 0.794. The summed E-state index contributed by atoms with van der Waals surface area (Å²) in [6, 6.07) is 19.7. The molecular formula is C16H13BrN2O. The van der Waals surface area contributed by atoms with Crippen LogP contribution in [0.4, 0.5) is 0 Å². The molecule has 3 aromatic rings. The van der Waals surface area contributed by atoms with Crippen LogP contribution in [0.2, 0.25) is 0 Å². The Morgan fingerprint density at radius 3 is 2.15 bits per heavy atom. The van der Waals surface area contributed by atoms with Gasteiger partial charge in [-0.1, -0.05) is 48.5 Å². The SMILES string of the molecule is OCc1c(-c2ccccc2)nn(-c2ccccc2)c1Br. The van der Waals surface area contributed by atoms with E-state index in [9.17, 15) is 5.11 Å². The predicted octanol–water partition coefficient (Wildman–Crippen LogP) is 3.79. The molecule has 0 saturated heterocycles. The average molecular weight is 329 g/mol. The molecule has 0 aliphatic carbocycles. The van der Waals surface area contributed by atoms with Crippen LogP contribution in [0.25, 0.3) is 16.9 Å². The average Bonchev–Trinajstić information content (AvgIpc) is 2.86. The minimum Gasteiger partial charge on any atom is -0.391 e. The molecule has 0 saturated carbocycles. The number of rotatable bonds is 3. The normalized spacial score (nSPS) is 10.7. The summed E-state index contributed by atoms with van der Waals surface area (Å²) in [4.78, 5) is 0. The van der Waals surface area contributed by atoms with E-state index in [1.807, 2.05) is 60.7 Å². The lowest BCUT2D eigenvalue weighted by molar-refractivity contribution is 0.281. The van der Waals surface area contributed by atoms with Crippen LogP contribution in [-0.4, -0.2) is 14.9 Å². The standard InChI is InChI=1S/C16H13BrN2O/c17-16-14(11-20)15(12-7-3-1-4-8-12)18-19(16)13-9-5-2-6-10-13/h1-10,20H,11H2. The number of hydrogen-bond donors (Lipinski definition) is 1. The van der Waals surface area contributed by atoms with E-state index in [0.717, 1.165) is 27.1 Å². The van der Waals surface area contributed by atoms with Gasteiger partial charge in [-0.2, -0.15) is 5.10 Å². The lowest BCUT2D eigenvalue weighted by Gasteiger charge is -2.02. The largest absolute Gasteiger partial charge is 0.391 e. The van der Waals surface area contributed by atoms with Crippen molar-refractivity contribution in [2.75, 3.05) is 0 Å². The molecule has 1 N–H and O–H groups in total. The van der Waals surface area contributed by atoms with Crippen molar-refractivity contribution in [3.05, 3.63) is 70.8 Å². The highest BCUT2D eigenvalue weighted by Crippen LogP contribution is 2.30. The van der Waals surface area contributed by atoms with Crippen LogP contribution in [0.5, 0.6) is 0 Å². The maximum absolute atomic E-state index is 9.64. The molecule has 3 rings (SSSR count). The molecule has 0 aliphatic rings. The summed E-state index contributed by atoms with van der Waals surface area (Å²) in [5.41, 5.74) is 3.53. The molecule has 1 aromatic heterocycles. The van der Waals surface area contributed by atoms with E-state index in [2.05, 4.69) is 21.0 Å². The van der Waals surface area contributed by atoms with E-state index >= 15 is 0 Å². The van der Waals surface area contributed by atoms with E-state index in [0.29, 0.717) is 0 Å². The van der Waals surface area contributed by atoms with Crippen LogP contribution in [0, 0.1) is 0 Å². The maximum atomic E-state index is 9.64. The number of aliphatic hydroxyl groups is 1. The molecule has 0 spiro atoms. The van der Waals surface area contributed by atoms with Crippen LogP contribution in [0.15, 0.2) is 65.3 Å². The maximum Gasteiger partial charge on any atom is 0.116 e. The van der Waals surface area contributed by atoms with E-state index in [-0.39, 0.29) is 6.61 Å². The van der Waals surface area contributed by atoms with Crippen molar-refractivity contribution in [2.45, 2.75) is 6.61 Å². The van der Waals surface area contributed by atoms with Gasteiger partial charge in [0.1, 0.15) is 4.60 Å². The van der Waals surface area contributed by atoms with E-state index < -0.39 is 0 Å². The Bertz CT molecular complexity index is 708. The highest BCUT2D eigenvalue weighted by atomic mass is 79.9. The third-order valence-electron chi connectivity index (χ3n) is 3.13. The second-order valence-corrected chi connectivity index (χ2v) is 5.14. The molecule has 0 aliphatic heterocycles. The monoisotopic (exact) mass is 328 g/mol. The number of hydrogen-bond acceptors (Lipinski definition) is 2. The summed E-state index contributed by atoms with van der Waals surface area (Å²) in [5.74, 6) is 0. The third kappa shape index (κ3) is 2.28. The summed E-state index contributed by atoms with van der Waals surface area (Å²) < 4.78 is 2.58. The predicted molar refractivity (Wildman–Crippen MR) is 82.6 cm³/mol. The fourth-order valence-electron chi connectivity index (χ4n) is 2.14. The van der Waals surface area contributed by atoms with Crippen molar-refractivity contribution in [1.29, 1.82) is 0 Å². The van der Waals surface area contributed by atoms with Gasteiger partial charge >= 0.3 is 0 Å². The zero-order valence-electron chi connectivity index (χ0n) is 10.7. The van der Waals surface area contributed by atoms with Gasteiger partial charge in [-0.25, -0.2) is 4.68 Å². The number of halogens is 1. The molecule has 2 aromatic carbocycles. The van der Waals surface area contributed by atoms with Crippen molar-refractivity contribution < 1.29 is 5.11 Å². The van der Waals surface area contributed by atoms with Crippen molar-refractivity contribution >= 4 is 15.9 Å². The Hall–Kier alpha value is -1.91. The van der Waals surface area contributed by atoms with Crippen LogP contribution in [0.3, 0.4) is 0 Å². The van der Waals surface area contributed by atoms with Gasteiger partial charge in [0, 0.05) is 11.1 Å². The lowest BCUT2D eigenvalue weighted by atomic mass is 10.1. The van der Waals surface area contributed by atoms with Gasteiger partial charge in [-0.3, -0.25) is 0 Å². The number of nitrogens with zero attached hydrogens (tertiary/aromatic N) is 2. The molecule has 0 bridgehead atoms. The number of aromatic nitrogens is 2. The molecule has 0 unspecified atom stereocenters. The Labute approximate surface area is 125 Å². The van der Waals surface area contributed by atoms with Crippen molar-refractivity contribution in [2.24, 2.45) is 0 Å². The Balaban J connectivity index is 2.18. The Morgan fingerprint density at radius 2 is 1.55 bits per heavy atom. The Kier molecular flexibility index (Phi) is 3.67. The van der Waals surface area contributed by atoms with Crippen molar-refractivity contribution in [1.82, 2.24) is 9.78 Å². The first-order chi connectivity index (χ1) is 9.81. The fraction of sp³-hybridized carbons (Fsp3) is 0.0625. The summed E-state index contributed by atoms with van der Waals surface area (Å²) >= 11 is 3.54. The molecular weight excluding hydrogens is 316 g/mol. The van der Waals surface area contributed by atoms with Gasteiger partial charge in [0.2, 0.25) is 0 Å². The van der Waals surface area contributed by atoms with Crippen LogP contribution >= 0.6 is 15.9 Å². The summed E-state index contributed by atoms with van der Waals surface area (Å²) in [6.45, 7) is -0.0579. The van der Waals surface area contributed by atoms with E-state index in [4.69, 9.17) is 0 Å². The van der Waals surface area contributed by atoms with E-state index in [1.165, 1.54) is 0 Å².